The summed E-state index contributed by atoms with van der Waals surface area (Å²) < 4.78 is 31.4. The average Bonchev–Trinajstić information content (AvgIpc) is 3.26. The second kappa shape index (κ2) is 11.1. The molecular formula is C23H41NO5S. The van der Waals surface area contributed by atoms with Crippen molar-refractivity contribution in [2.45, 2.75) is 90.8 Å². The van der Waals surface area contributed by atoms with Gasteiger partial charge in [0.1, 0.15) is 0 Å². The summed E-state index contributed by atoms with van der Waals surface area (Å²) in [7, 11) is -1.69. The molecule has 0 spiro atoms. The maximum Gasteiger partial charge on any atom is 0.251 e. The van der Waals surface area contributed by atoms with Gasteiger partial charge in [0.2, 0.25) is 0 Å². The number of nitrogens with zero attached hydrogens (tertiary/aromatic N) is 1. The van der Waals surface area contributed by atoms with Gasteiger partial charge in [-0.25, -0.2) is 13.5 Å². The third kappa shape index (κ3) is 7.06. The number of carbonyl (C=O) groups excluding carboxylic acids is 1. The number of hydroxylamine groups is 2. The van der Waals surface area contributed by atoms with Gasteiger partial charge >= 0.3 is 0 Å². The van der Waals surface area contributed by atoms with Crippen molar-refractivity contribution in [2.24, 2.45) is 17.3 Å². The van der Waals surface area contributed by atoms with Crippen molar-refractivity contribution >= 4 is 15.7 Å². The predicted molar refractivity (Wildman–Crippen MR) is 119 cm³/mol. The molecule has 7 heteroatoms. The van der Waals surface area contributed by atoms with Crippen LogP contribution in [0.4, 0.5) is 0 Å². The minimum absolute atomic E-state index is 0.0930. The fourth-order valence-corrected chi connectivity index (χ4v) is 6.77. The van der Waals surface area contributed by atoms with Gasteiger partial charge in [0, 0.05) is 18.4 Å². The molecular weight excluding hydrogens is 402 g/mol. The Morgan fingerprint density at radius 1 is 1.13 bits per heavy atom. The quantitative estimate of drug-likeness (QED) is 0.198. The highest BCUT2D eigenvalue weighted by Gasteiger charge is 2.49. The summed E-state index contributed by atoms with van der Waals surface area (Å²) in [6.45, 7) is 5.80. The van der Waals surface area contributed by atoms with Gasteiger partial charge in [0.15, 0.2) is 9.84 Å². The van der Waals surface area contributed by atoms with Crippen molar-refractivity contribution in [1.82, 2.24) is 5.06 Å². The van der Waals surface area contributed by atoms with Crippen LogP contribution in [0.15, 0.2) is 12.2 Å². The molecule has 0 aromatic rings. The van der Waals surface area contributed by atoms with Gasteiger partial charge in [-0.05, 0) is 44.4 Å². The van der Waals surface area contributed by atoms with Gasteiger partial charge in [-0.3, -0.25) is 10.0 Å². The lowest BCUT2D eigenvalue weighted by molar-refractivity contribution is -0.169. The van der Waals surface area contributed by atoms with Crippen LogP contribution in [-0.4, -0.2) is 55.4 Å². The van der Waals surface area contributed by atoms with Crippen LogP contribution in [0.3, 0.4) is 0 Å². The van der Waals surface area contributed by atoms with Crippen molar-refractivity contribution in [2.75, 3.05) is 18.6 Å². The zero-order chi connectivity index (χ0) is 22.4. The van der Waals surface area contributed by atoms with E-state index >= 15 is 0 Å². The number of fused-ring (bicyclic) bond motifs is 2. The van der Waals surface area contributed by atoms with Gasteiger partial charge in [0.05, 0.1) is 23.7 Å². The second-order valence-electron chi connectivity index (χ2n) is 9.75. The number of allylic oxidation sites excluding steroid dienone is 2. The summed E-state index contributed by atoms with van der Waals surface area (Å²) in [6.07, 6.45) is 12.7. The van der Waals surface area contributed by atoms with E-state index in [1.165, 1.54) is 7.05 Å². The van der Waals surface area contributed by atoms with E-state index in [1.54, 1.807) is 0 Å². The fourth-order valence-electron chi connectivity index (χ4n) is 4.91. The number of rotatable bonds is 13. The number of unbranched alkanes of at least 4 members (excludes halogenated alkanes) is 3. The van der Waals surface area contributed by atoms with Crippen molar-refractivity contribution in [3.63, 3.8) is 0 Å². The normalized spacial score (nSPS) is 26.6. The van der Waals surface area contributed by atoms with Gasteiger partial charge in [-0.15, -0.1) is 0 Å². The van der Waals surface area contributed by atoms with E-state index in [4.69, 9.17) is 4.74 Å². The molecule has 2 rings (SSSR count). The highest BCUT2D eigenvalue weighted by molar-refractivity contribution is 7.91. The first-order chi connectivity index (χ1) is 14.1. The molecule has 30 heavy (non-hydrogen) atoms. The summed E-state index contributed by atoms with van der Waals surface area (Å²) in [5.41, 5.74) is -0.613. The Labute approximate surface area is 182 Å². The monoisotopic (exact) mass is 443 g/mol. The molecule has 2 saturated heterocycles. The predicted octanol–water partition coefficient (Wildman–Crippen LogP) is 4.38. The van der Waals surface area contributed by atoms with Crippen molar-refractivity contribution in [3.8, 4) is 0 Å². The van der Waals surface area contributed by atoms with Crippen LogP contribution in [0.25, 0.3) is 0 Å². The fraction of sp³-hybridized carbons (Fsp3) is 0.870. The molecule has 4 atom stereocenters. The summed E-state index contributed by atoms with van der Waals surface area (Å²) >= 11 is 0. The molecule has 174 valence electrons. The Morgan fingerprint density at radius 3 is 2.43 bits per heavy atom. The van der Waals surface area contributed by atoms with Crippen LogP contribution < -0.4 is 0 Å². The van der Waals surface area contributed by atoms with E-state index in [9.17, 15) is 18.4 Å². The van der Waals surface area contributed by atoms with Crippen molar-refractivity contribution in [3.05, 3.63) is 12.2 Å². The molecule has 0 radical (unpaired) electrons. The SMILES string of the molecule is CCCCCCS(=O)(=O)C[C@@H]1[C@H](C/C=C\CCC(C)(C)C(=O)N(C)O)[C@@H]2CC[C@H]1O2. The van der Waals surface area contributed by atoms with Crippen molar-refractivity contribution < 1.29 is 23.2 Å². The minimum Gasteiger partial charge on any atom is -0.374 e. The van der Waals surface area contributed by atoms with Crippen LogP contribution in [0, 0.1) is 17.3 Å². The summed E-state index contributed by atoms with van der Waals surface area (Å²) in [4.78, 5) is 12.0. The standard InChI is InChI=1S/C23H41NO5S/c1-5-6-7-11-16-30(27,28)17-19-18(20-13-14-21(19)29-20)12-9-8-10-15-23(2,3)22(25)24(4)26/h8-9,18-21,26H,5-7,10-17H2,1-4H3/b9-8-/t18-,19+,20-,21+/m0/s1. The molecule has 2 heterocycles. The Morgan fingerprint density at radius 2 is 1.80 bits per heavy atom. The maximum atomic E-state index is 12.6. The van der Waals surface area contributed by atoms with E-state index in [0.29, 0.717) is 17.2 Å². The van der Waals surface area contributed by atoms with Crippen molar-refractivity contribution in [1.29, 1.82) is 0 Å². The first kappa shape index (κ1) is 25.3. The highest BCUT2D eigenvalue weighted by Crippen LogP contribution is 2.45. The molecule has 0 aromatic heterocycles. The number of sulfone groups is 1. The Bertz CT molecular complexity index is 686. The molecule has 0 saturated carbocycles. The number of carbonyl (C=O) groups is 1. The number of ether oxygens (including phenoxy) is 1. The highest BCUT2D eigenvalue weighted by atomic mass is 32.2. The van der Waals surface area contributed by atoms with Gasteiger partial charge in [0.25, 0.3) is 5.91 Å². The molecule has 1 amide bonds. The number of hydrogen-bond donors (Lipinski definition) is 1. The Hall–Kier alpha value is -0.920. The van der Waals surface area contributed by atoms with Crippen LogP contribution in [-0.2, 0) is 19.4 Å². The Kier molecular flexibility index (Phi) is 9.37. The molecule has 0 aromatic carbocycles. The lowest BCUT2D eigenvalue weighted by Gasteiger charge is -2.27. The van der Waals surface area contributed by atoms with Gasteiger partial charge < -0.3 is 4.74 Å². The van der Waals surface area contributed by atoms with Gasteiger partial charge in [-0.1, -0.05) is 52.2 Å². The molecule has 0 aliphatic carbocycles. The summed E-state index contributed by atoms with van der Waals surface area (Å²) in [5, 5.41) is 10.0. The molecule has 2 bridgehead atoms. The largest absolute Gasteiger partial charge is 0.374 e. The number of hydrogen-bond acceptors (Lipinski definition) is 5. The van der Waals surface area contributed by atoms with E-state index in [-0.39, 0.29) is 35.7 Å². The molecule has 2 aliphatic rings. The maximum absolute atomic E-state index is 12.6. The van der Waals surface area contributed by atoms with E-state index in [1.807, 2.05) is 13.8 Å². The smallest absolute Gasteiger partial charge is 0.251 e. The third-order valence-corrected chi connectivity index (χ3v) is 8.53. The lowest BCUT2D eigenvalue weighted by atomic mass is 9.78. The Balaban J connectivity index is 1.85. The van der Waals surface area contributed by atoms with Crippen LogP contribution in [0.5, 0.6) is 0 Å². The van der Waals surface area contributed by atoms with Crippen LogP contribution in [0.2, 0.25) is 0 Å². The zero-order valence-electron chi connectivity index (χ0n) is 19.2. The molecule has 2 aliphatic heterocycles. The third-order valence-electron chi connectivity index (χ3n) is 6.73. The first-order valence-electron chi connectivity index (χ1n) is 11.6. The van der Waals surface area contributed by atoms with E-state index in [0.717, 1.165) is 51.4 Å². The van der Waals surface area contributed by atoms with E-state index < -0.39 is 15.3 Å². The molecule has 1 N–H and O–H groups in total. The van der Waals surface area contributed by atoms with Gasteiger partial charge in [-0.2, -0.15) is 0 Å². The number of amides is 1. The zero-order valence-corrected chi connectivity index (χ0v) is 20.0. The second-order valence-corrected chi connectivity index (χ2v) is 12.0. The summed E-state index contributed by atoms with van der Waals surface area (Å²) in [6, 6.07) is 0. The minimum atomic E-state index is -3.04. The summed E-state index contributed by atoms with van der Waals surface area (Å²) in [5.74, 6) is 0.630. The van der Waals surface area contributed by atoms with E-state index in [2.05, 4.69) is 19.1 Å². The molecule has 0 unspecified atom stereocenters. The molecule has 6 nitrogen and oxygen atoms in total. The average molecular weight is 444 g/mol. The topological polar surface area (TPSA) is 83.9 Å². The lowest BCUT2D eigenvalue weighted by Crippen LogP contribution is -2.36. The molecule has 2 fully saturated rings. The van der Waals surface area contributed by atoms with Crippen LogP contribution in [0.1, 0.15) is 78.6 Å². The van der Waals surface area contributed by atoms with Crippen LogP contribution >= 0.6 is 0 Å². The first-order valence-corrected chi connectivity index (χ1v) is 13.4.